The summed E-state index contributed by atoms with van der Waals surface area (Å²) in [6.45, 7) is 4.54. The zero-order valence-electron chi connectivity index (χ0n) is 14.8. The lowest BCUT2D eigenvalue weighted by atomic mass is 10.1. The van der Waals surface area contributed by atoms with Crippen molar-refractivity contribution in [2.45, 2.75) is 32.6 Å². The molecule has 1 aliphatic heterocycles. The molecule has 1 aliphatic rings. The van der Waals surface area contributed by atoms with Gasteiger partial charge in [-0.15, -0.1) is 0 Å². The van der Waals surface area contributed by atoms with E-state index in [1.54, 1.807) is 31.2 Å². The molecule has 0 aliphatic carbocycles. The van der Waals surface area contributed by atoms with Gasteiger partial charge < -0.3 is 20.1 Å². The lowest BCUT2D eigenvalue weighted by Gasteiger charge is -2.31. The van der Waals surface area contributed by atoms with Crippen molar-refractivity contribution in [1.29, 1.82) is 0 Å². The first-order chi connectivity index (χ1) is 12.6. The van der Waals surface area contributed by atoms with Crippen molar-refractivity contribution in [2.75, 3.05) is 6.54 Å². The van der Waals surface area contributed by atoms with Crippen molar-refractivity contribution in [3.05, 3.63) is 59.7 Å². The molecular weight excluding hydrogens is 332 g/mol. The van der Waals surface area contributed by atoms with Gasteiger partial charge in [-0.1, -0.05) is 24.3 Å². The van der Waals surface area contributed by atoms with Crippen LogP contribution in [0.25, 0.3) is 0 Å². The Hall–Kier alpha value is -3.02. The van der Waals surface area contributed by atoms with Crippen LogP contribution in [0.4, 0.5) is 0 Å². The van der Waals surface area contributed by atoms with E-state index in [4.69, 9.17) is 9.47 Å². The molecule has 0 fully saturated rings. The van der Waals surface area contributed by atoms with E-state index in [-0.39, 0.29) is 11.8 Å². The second-order valence-electron chi connectivity index (χ2n) is 6.09. The lowest BCUT2D eigenvalue weighted by Crippen LogP contribution is -2.48. The molecule has 2 N–H and O–H groups in total. The van der Waals surface area contributed by atoms with Crippen LogP contribution in [0.15, 0.2) is 48.5 Å². The minimum atomic E-state index is -0.725. The van der Waals surface area contributed by atoms with E-state index in [1.807, 2.05) is 31.2 Å². The van der Waals surface area contributed by atoms with Gasteiger partial charge in [-0.05, 0) is 43.7 Å². The van der Waals surface area contributed by atoms with Crippen molar-refractivity contribution in [2.24, 2.45) is 0 Å². The number of hydrogen-bond donors (Lipinski definition) is 2. The second kappa shape index (κ2) is 7.91. The van der Waals surface area contributed by atoms with Gasteiger partial charge in [-0.25, -0.2) is 0 Å². The first kappa shape index (κ1) is 17.8. The molecule has 0 radical (unpaired) electrons. The molecule has 3 rings (SSSR count). The Morgan fingerprint density at radius 3 is 2.46 bits per heavy atom. The number of rotatable bonds is 5. The third kappa shape index (κ3) is 3.96. The molecule has 2 atom stereocenters. The molecule has 6 heteroatoms. The van der Waals surface area contributed by atoms with E-state index in [2.05, 4.69) is 10.6 Å². The molecule has 26 heavy (non-hydrogen) atoms. The van der Waals surface area contributed by atoms with Crippen LogP contribution < -0.4 is 20.1 Å². The minimum absolute atomic E-state index is 0.130. The van der Waals surface area contributed by atoms with Gasteiger partial charge in [-0.2, -0.15) is 0 Å². The van der Waals surface area contributed by atoms with E-state index in [1.165, 1.54) is 0 Å². The summed E-state index contributed by atoms with van der Waals surface area (Å²) in [6, 6.07) is 14.4. The van der Waals surface area contributed by atoms with Crippen LogP contribution >= 0.6 is 0 Å². The van der Waals surface area contributed by atoms with Gasteiger partial charge in [0.2, 0.25) is 6.10 Å². The van der Waals surface area contributed by atoms with Crippen LogP contribution in [0.1, 0.15) is 29.8 Å². The Labute approximate surface area is 152 Å². The highest BCUT2D eigenvalue weighted by molar-refractivity contribution is 5.94. The Bertz CT molecular complexity index is 806. The molecular formula is C20H22N2O4. The quantitative estimate of drug-likeness (QED) is 0.864. The van der Waals surface area contributed by atoms with Crippen LogP contribution in [0.5, 0.6) is 11.5 Å². The summed E-state index contributed by atoms with van der Waals surface area (Å²) < 4.78 is 11.5. The third-order valence-corrected chi connectivity index (χ3v) is 4.09. The van der Waals surface area contributed by atoms with Gasteiger partial charge in [0.05, 0.1) is 0 Å². The summed E-state index contributed by atoms with van der Waals surface area (Å²) in [7, 11) is 0. The molecule has 0 bridgehead atoms. The molecule has 2 aromatic rings. The van der Waals surface area contributed by atoms with Gasteiger partial charge in [0.25, 0.3) is 11.8 Å². The maximum absolute atomic E-state index is 12.5. The maximum Gasteiger partial charge on any atom is 0.265 e. The fraction of sp³-hybridized carbons (Fsp3) is 0.300. The molecule has 2 unspecified atom stereocenters. The molecule has 0 spiro atoms. The molecule has 0 aromatic heterocycles. The zero-order valence-corrected chi connectivity index (χ0v) is 14.8. The molecule has 136 valence electrons. The normalized spacial score (nSPS) is 18.1. The van der Waals surface area contributed by atoms with Crippen molar-refractivity contribution in [3.63, 3.8) is 0 Å². The molecule has 6 nitrogen and oxygen atoms in total. The lowest BCUT2D eigenvalue weighted by molar-refractivity contribution is -0.133. The Kier molecular flexibility index (Phi) is 5.41. The molecule has 2 aromatic carbocycles. The summed E-state index contributed by atoms with van der Waals surface area (Å²) in [5, 5.41) is 5.61. The smallest absolute Gasteiger partial charge is 0.265 e. The second-order valence-corrected chi connectivity index (χ2v) is 6.09. The summed E-state index contributed by atoms with van der Waals surface area (Å²) in [5.41, 5.74) is 1.41. The van der Waals surface area contributed by atoms with E-state index in [9.17, 15) is 9.59 Å². The van der Waals surface area contributed by atoms with E-state index >= 15 is 0 Å². The van der Waals surface area contributed by atoms with Crippen LogP contribution in [-0.2, 0) is 11.3 Å². The fourth-order valence-electron chi connectivity index (χ4n) is 2.78. The highest BCUT2D eigenvalue weighted by atomic mass is 16.6. The van der Waals surface area contributed by atoms with Crippen molar-refractivity contribution < 1.29 is 19.1 Å². The highest BCUT2D eigenvalue weighted by Gasteiger charge is 2.33. The number of amides is 2. The number of carbonyl (C=O) groups is 2. The number of para-hydroxylation sites is 2. The van der Waals surface area contributed by atoms with Gasteiger partial charge in [0, 0.05) is 18.7 Å². The topological polar surface area (TPSA) is 76.7 Å². The first-order valence-corrected chi connectivity index (χ1v) is 8.65. The zero-order chi connectivity index (χ0) is 18.5. The SMILES string of the molecule is CCNC(=O)c1cccc(CNC(=O)C2Oc3ccccc3OC2C)c1. The predicted octanol–water partition coefficient (Wildman–Crippen LogP) is 2.28. The Balaban J connectivity index is 1.62. The number of hydrogen-bond acceptors (Lipinski definition) is 4. The Morgan fingerprint density at radius 1 is 1.00 bits per heavy atom. The maximum atomic E-state index is 12.5. The summed E-state index contributed by atoms with van der Waals surface area (Å²) in [6.07, 6.45) is -1.12. The molecule has 2 amide bonds. The van der Waals surface area contributed by atoms with Crippen LogP contribution in [0.3, 0.4) is 0 Å². The van der Waals surface area contributed by atoms with Gasteiger partial charge >= 0.3 is 0 Å². The first-order valence-electron chi connectivity index (χ1n) is 8.65. The van der Waals surface area contributed by atoms with Crippen molar-refractivity contribution in [1.82, 2.24) is 10.6 Å². The largest absolute Gasteiger partial charge is 0.482 e. The highest BCUT2D eigenvalue weighted by Crippen LogP contribution is 2.33. The number of carbonyl (C=O) groups excluding carboxylic acids is 2. The summed E-state index contributed by atoms with van der Waals surface area (Å²) >= 11 is 0. The van der Waals surface area contributed by atoms with E-state index < -0.39 is 12.2 Å². The fourth-order valence-corrected chi connectivity index (χ4v) is 2.78. The van der Waals surface area contributed by atoms with Crippen molar-refractivity contribution >= 4 is 11.8 Å². The summed E-state index contributed by atoms with van der Waals surface area (Å²) in [5.74, 6) is 0.813. The molecule has 0 saturated heterocycles. The monoisotopic (exact) mass is 354 g/mol. The van der Waals surface area contributed by atoms with Crippen LogP contribution in [0.2, 0.25) is 0 Å². The van der Waals surface area contributed by atoms with Crippen LogP contribution in [-0.4, -0.2) is 30.6 Å². The standard InChI is InChI=1S/C20H22N2O4/c1-3-21-19(23)15-8-6-7-14(11-15)12-22-20(24)18-13(2)25-16-9-4-5-10-17(16)26-18/h4-11,13,18H,3,12H2,1-2H3,(H,21,23)(H,22,24). The van der Waals surface area contributed by atoms with E-state index in [0.29, 0.717) is 30.2 Å². The number of fused-ring (bicyclic) bond motifs is 1. The third-order valence-electron chi connectivity index (χ3n) is 4.09. The van der Waals surface area contributed by atoms with Gasteiger partial charge in [0.15, 0.2) is 11.5 Å². The van der Waals surface area contributed by atoms with Crippen LogP contribution in [0, 0.1) is 0 Å². The summed E-state index contributed by atoms with van der Waals surface area (Å²) in [4.78, 5) is 24.4. The molecule has 0 saturated carbocycles. The number of nitrogens with one attached hydrogen (secondary N) is 2. The number of benzene rings is 2. The van der Waals surface area contributed by atoms with Gasteiger partial charge in [0.1, 0.15) is 6.10 Å². The average Bonchev–Trinajstić information content (AvgIpc) is 2.66. The number of ether oxygens (including phenoxy) is 2. The van der Waals surface area contributed by atoms with Crippen molar-refractivity contribution in [3.8, 4) is 11.5 Å². The minimum Gasteiger partial charge on any atom is -0.482 e. The molecule has 1 heterocycles. The van der Waals surface area contributed by atoms with E-state index in [0.717, 1.165) is 5.56 Å². The Morgan fingerprint density at radius 2 is 1.73 bits per heavy atom. The average molecular weight is 354 g/mol. The predicted molar refractivity (Wildman–Crippen MR) is 97.2 cm³/mol. The van der Waals surface area contributed by atoms with Gasteiger partial charge in [-0.3, -0.25) is 9.59 Å².